The third-order valence-electron chi connectivity index (χ3n) is 5.80. The molecule has 0 aliphatic carbocycles. The number of carbonyl (C=O) groups is 1. The molecule has 0 unspecified atom stereocenters. The molecule has 2 aliphatic rings. The molecule has 1 amide bonds. The molecule has 5 heteroatoms. The molecule has 0 radical (unpaired) electrons. The second kappa shape index (κ2) is 7.72. The third kappa shape index (κ3) is 3.74. The summed E-state index contributed by atoms with van der Waals surface area (Å²) in [6, 6.07) is 9.79. The normalized spacial score (nSPS) is 22.7. The van der Waals surface area contributed by atoms with E-state index in [4.69, 9.17) is 0 Å². The Balaban J connectivity index is 1.44. The van der Waals surface area contributed by atoms with Crippen LogP contribution in [0.15, 0.2) is 36.5 Å². The van der Waals surface area contributed by atoms with Gasteiger partial charge in [-0.3, -0.25) is 9.78 Å². The third-order valence-corrected chi connectivity index (χ3v) is 5.80. The van der Waals surface area contributed by atoms with Crippen LogP contribution in [0.25, 0.3) is 10.9 Å². The van der Waals surface area contributed by atoms with Crippen molar-refractivity contribution in [1.82, 2.24) is 19.7 Å². The van der Waals surface area contributed by atoms with E-state index in [0.717, 1.165) is 68.7 Å². The van der Waals surface area contributed by atoms with E-state index in [1.165, 1.54) is 6.42 Å². The molecule has 0 spiro atoms. The monoisotopic (exact) mass is 352 g/mol. The van der Waals surface area contributed by atoms with E-state index in [-0.39, 0.29) is 5.91 Å². The average molecular weight is 352 g/mol. The van der Waals surface area contributed by atoms with Crippen LogP contribution >= 0.6 is 0 Å². The number of nitrogens with zero attached hydrogens (tertiary/aromatic N) is 4. The van der Waals surface area contributed by atoms with E-state index < -0.39 is 0 Å². The van der Waals surface area contributed by atoms with Gasteiger partial charge in [0, 0.05) is 57.4 Å². The SMILES string of the molecule is CN1CCN(C[C@@H]2CCCN(C(=O)c3ccnc4ccccc34)C2)CC1. The van der Waals surface area contributed by atoms with Gasteiger partial charge in [-0.2, -0.15) is 0 Å². The van der Waals surface area contributed by atoms with Gasteiger partial charge in [0.2, 0.25) is 0 Å². The summed E-state index contributed by atoms with van der Waals surface area (Å²) in [5, 5.41) is 0.959. The summed E-state index contributed by atoms with van der Waals surface area (Å²) < 4.78 is 0. The average Bonchev–Trinajstić information content (AvgIpc) is 2.69. The van der Waals surface area contributed by atoms with Crippen LogP contribution in [0, 0.1) is 5.92 Å². The smallest absolute Gasteiger partial charge is 0.254 e. The van der Waals surface area contributed by atoms with E-state index in [2.05, 4.69) is 26.7 Å². The number of likely N-dealkylation sites (tertiary alicyclic amines) is 1. The standard InChI is InChI=1S/C21H28N4O/c1-23-11-13-24(14-12-23)15-17-5-4-10-25(16-17)21(26)19-8-9-22-20-7-3-2-6-18(19)20/h2-3,6-9,17H,4-5,10-16H2,1H3/t17-/m0/s1. The molecule has 1 aromatic carbocycles. The Labute approximate surface area is 155 Å². The van der Waals surface area contributed by atoms with Gasteiger partial charge >= 0.3 is 0 Å². The Hall–Kier alpha value is -1.98. The number of benzene rings is 1. The zero-order valence-corrected chi connectivity index (χ0v) is 15.6. The van der Waals surface area contributed by atoms with Crippen molar-refractivity contribution in [2.45, 2.75) is 12.8 Å². The zero-order chi connectivity index (χ0) is 17.9. The molecule has 2 aliphatic heterocycles. The quantitative estimate of drug-likeness (QED) is 0.850. The highest BCUT2D eigenvalue weighted by Gasteiger charge is 2.27. The number of amides is 1. The Kier molecular flexibility index (Phi) is 5.18. The van der Waals surface area contributed by atoms with Gasteiger partial charge in [0.15, 0.2) is 0 Å². The number of aromatic nitrogens is 1. The van der Waals surface area contributed by atoms with Crippen LogP contribution in [0.3, 0.4) is 0 Å². The zero-order valence-electron chi connectivity index (χ0n) is 15.6. The maximum atomic E-state index is 13.2. The number of carbonyl (C=O) groups excluding carboxylic acids is 1. The van der Waals surface area contributed by atoms with Crippen LogP contribution in [0.4, 0.5) is 0 Å². The van der Waals surface area contributed by atoms with Crippen molar-refractivity contribution < 1.29 is 4.79 Å². The minimum absolute atomic E-state index is 0.159. The van der Waals surface area contributed by atoms with Crippen molar-refractivity contribution in [3.05, 3.63) is 42.1 Å². The molecule has 2 fully saturated rings. The Morgan fingerprint density at radius 1 is 1.12 bits per heavy atom. The summed E-state index contributed by atoms with van der Waals surface area (Å²) in [6.45, 7) is 7.47. The molecule has 4 rings (SSSR count). The lowest BCUT2D eigenvalue weighted by Gasteiger charge is -2.38. The maximum Gasteiger partial charge on any atom is 0.254 e. The highest BCUT2D eigenvalue weighted by Crippen LogP contribution is 2.23. The number of pyridine rings is 1. The van der Waals surface area contributed by atoms with Crippen LogP contribution in [0.1, 0.15) is 23.2 Å². The molecule has 26 heavy (non-hydrogen) atoms. The van der Waals surface area contributed by atoms with Crippen LogP contribution < -0.4 is 0 Å². The van der Waals surface area contributed by atoms with Crippen molar-refractivity contribution >= 4 is 16.8 Å². The van der Waals surface area contributed by atoms with E-state index in [0.29, 0.717) is 5.92 Å². The molecule has 1 atom stereocenters. The fourth-order valence-corrected chi connectivity index (χ4v) is 4.25. The first-order valence-electron chi connectivity index (χ1n) is 9.74. The van der Waals surface area contributed by atoms with E-state index >= 15 is 0 Å². The van der Waals surface area contributed by atoms with Gasteiger partial charge in [-0.05, 0) is 37.9 Å². The number of piperazine rings is 1. The second-order valence-electron chi connectivity index (χ2n) is 7.74. The lowest BCUT2D eigenvalue weighted by atomic mass is 9.96. The summed E-state index contributed by atoms with van der Waals surface area (Å²) in [5.74, 6) is 0.746. The van der Waals surface area contributed by atoms with Crippen molar-refractivity contribution in [3.63, 3.8) is 0 Å². The largest absolute Gasteiger partial charge is 0.338 e. The van der Waals surface area contributed by atoms with E-state index in [9.17, 15) is 4.79 Å². The van der Waals surface area contributed by atoms with Crippen LogP contribution in [-0.4, -0.2) is 78.5 Å². The Morgan fingerprint density at radius 3 is 2.77 bits per heavy atom. The fourth-order valence-electron chi connectivity index (χ4n) is 4.25. The molecule has 0 bridgehead atoms. The first-order valence-corrected chi connectivity index (χ1v) is 9.74. The number of hydrogen-bond acceptors (Lipinski definition) is 4. The van der Waals surface area contributed by atoms with Crippen molar-refractivity contribution in [2.24, 2.45) is 5.92 Å². The summed E-state index contributed by atoms with van der Waals surface area (Å²) >= 11 is 0. The summed E-state index contributed by atoms with van der Waals surface area (Å²) in [5.41, 5.74) is 1.68. The van der Waals surface area contributed by atoms with Gasteiger partial charge < -0.3 is 14.7 Å². The molecule has 0 saturated carbocycles. The lowest BCUT2D eigenvalue weighted by Crippen LogP contribution is -2.49. The molecule has 1 aromatic heterocycles. The van der Waals surface area contributed by atoms with E-state index in [1.807, 2.05) is 30.3 Å². The summed E-state index contributed by atoms with van der Waals surface area (Å²) in [4.78, 5) is 24.6. The predicted octanol–water partition coefficient (Wildman–Crippen LogP) is 2.33. The summed E-state index contributed by atoms with van der Waals surface area (Å²) in [6.07, 6.45) is 4.08. The number of likely N-dealkylation sites (N-methyl/N-ethyl adjacent to an activating group) is 1. The summed E-state index contributed by atoms with van der Waals surface area (Å²) in [7, 11) is 2.19. The predicted molar refractivity (Wildman–Crippen MR) is 104 cm³/mol. The van der Waals surface area contributed by atoms with Crippen LogP contribution in [0.5, 0.6) is 0 Å². The number of rotatable bonds is 3. The van der Waals surface area contributed by atoms with Crippen LogP contribution in [0.2, 0.25) is 0 Å². The number of fused-ring (bicyclic) bond motifs is 1. The molecule has 138 valence electrons. The first kappa shape index (κ1) is 17.4. The molecule has 5 nitrogen and oxygen atoms in total. The van der Waals surface area contributed by atoms with E-state index in [1.54, 1.807) is 6.20 Å². The molecular weight excluding hydrogens is 324 g/mol. The Bertz CT molecular complexity index is 764. The van der Waals surface area contributed by atoms with Gasteiger partial charge in [0.25, 0.3) is 5.91 Å². The van der Waals surface area contributed by atoms with Gasteiger partial charge in [0.1, 0.15) is 0 Å². The molecule has 0 N–H and O–H groups in total. The van der Waals surface area contributed by atoms with Gasteiger partial charge in [-0.25, -0.2) is 0 Å². The van der Waals surface area contributed by atoms with Gasteiger partial charge in [0.05, 0.1) is 11.1 Å². The second-order valence-corrected chi connectivity index (χ2v) is 7.74. The minimum atomic E-state index is 0.159. The number of piperidine rings is 1. The number of para-hydroxylation sites is 1. The van der Waals surface area contributed by atoms with Crippen molar-refractivity contribution in [1.29, 1.82) is 0 Å². The van der Waals surface area contributed by atoms with Gasteiger partial charge in [-0.15, -0.1) is 0 Å². The topological polar surface area (TPSA) is 39.7 Å². The molecular formula is C21H28N4O. The number of hydrogen-bond donors (Lipinski definition) is 0. The minimum Gasteiger partial charge on any atom is -0.338 e. The highest BCUT2D eigenvalue weighted by molar-refractivity contribution is 6.05. The Morgan fingerprint density at radius 2 is 1.92 bits per heavy atom. The van der Waals surface area contributed by atoms with Crippen LogP contribution in [-0.2, 0) is 0 Å². The fraction of sp³-hybridized carbons (Fsp3) is 0.524. The van der Waals surface area contributed by atoms with Crippen molar-refractivity contribution in [3.8, 4) is 0 Å². The van der Waals surface area contributed by atoms with Crippen molar-refractivity contribution in [2.75, 3.05) is 52.9 Å². The maximum absolute atomic E-state index is 13.2. The molecule has 3 heterocycles. The van der Waals surface area contributed by atoms with Gasteiger partial charge in [-0.1, -0.05) is 18.2 Å². The molecule has 2 saturated heterocycles. The molecule has 2 aromatic rings. The first-order chi connectivity index (χ1) is 12.7. The lowest BCUT2D eigenvalue weighted by molar-refractivity contribution is 0.0611. The highest BCUT2D eigenvalue weighted by atomic mass is 16.2.